The number of H-pyrrole nitrogens is 1. The van der Waals surface area contributed by atoms with E-state index in [1.807, 2.05) is 54.6 Å². The van der Waals surface area contributed by atoms with Crippen LogP contribution in [0.1, 0.15) is 0 Å². The molecule has 0 spiro atoms. The summed E-state index contributed by atoms with van der Waals surface area (Å²) in [5, 5.41) is 6.93. The van der Waals surface area contributed by atoms with Gasteiger partial charge in [0.15, 0.2) is 0 Å². The van der Waals surface area contributed by atoms with Crippen LogP contribution in [0.15, 0.2) is 65.6 Å². The third-order valence-electron chi connectivity index (χ3n) is 3.29. The van der Waals surface area contributed by atoms with Gasteiger partial charge in [-0.2, -0.15) is 5.10 Å². The van der Waals surface area contributed by atoms with Gasteiger partial charge in [-0.1, -0.05) is 30.3 Å². The maximum Gasteiger partial charge on any atom is 0.215 e. The summed E-state index contributed by atoms with van der Waals surface area (Å²) in [6.07, 6.45) is 1.63. The second kappa shape index (κ2) is 5.63. The summed E-state index contributed by atoms with van der Waals surface area (Å²) >= 11 is 0. The van der Waals surface area contributed by atoms with Crippen LogP contribution in [0.25, 0.3) is 22.4 Å². The predicted molar refractivity (Wildman–Crippen MR) is 82.3 cm³/mol. The van der Waals surface area contributed by atoms with Gasteiger partial charge in [0.2, 0.25) is 5.43 Å². The van der Waals surface area contributed by atoms with Crippen molar-refractivity contribution in [1.82, 2.24) is 10.2 Å². The molecule has 0 fully saturated rings. The largest absolute Gasteiger partial charge is 0.497 e. The van der Waals surface area contributed by atoms with E-state index in [9.17, 15) is 4.79 Å². The number of nitrogens with one attached hydrogen (secondary N) is 1. The molecule has 0 saturated heterocycles. The van der Waals surface area contributed by atoms with Crippen molar-refractivity contribution >= 4 is 0 Å². The molecule has 0 aliphatic carbocycles. The number of aromatic nitrogens is 2. The number of hydrogen-bond donors (Lipinski definition) is 1. The van der Waals surface area contributed by atoms with Crippen LogP contribution in [0.2, 0.25) is 0 Å². The molecule has 3 aromatic rings. The van der Waals surface area contributed by atoms with Gasteiger partial charge in [0.05, 0.1) is 7.11 Å². The van der Waals surface area contributed by atoms with Crippen LogP contribution in [-0.4, -0.2) is 17.3 Å². The number of methoxy groups -OCH3 is 1. The Kier molecular flexibility index (Phi) is 3.51. The smallest absolute Gasteiger partial charge is 0.215 e. The quantitative estimate of drug-likeness (QED) is 0.801. The first-order valence-electron chi connectivity index (χ1n) is 6.57. The molecule has 21 heavy (non-hydrogen) atoms. The normalized spacial score (nSPS) is 10.3. The molecule has 0 saturated carbocycles. The average molecular weight is 278 g/mol. The molecule has 3 rings (SSSR count). The molecule has 0 radical (unpaired) electrons. The third kappa shape index (κ3) is 2.56. The van der Waals surface area contributed by atoms with E-state index in [0.717, 1.165) is 16.9 Å². The fraction of sp³-hybridized carbons (Fsp3) is 0.0588. The molecule has 4 nitrogen and oxygen atoms in total. The first-order valence-corrected chi connectivity index (χ1v) is 6.57. The van der Waals surface area contributed by atoms with E-state index in [-0.39, 0.29) is 5.43 Å². The predicted octanol–water partition coefficient (Wildman–Crippen LogP) is 3.11. The third-order valence-corrected chi connectivity index (χ3v) is 3.29. The number of aromatic amines is 1. The van der Waals surface area contributed by atoms with Crippen molar-refractivity contribution in [2.24, 2.45) is 0 Å². The summed E-state index contributed by atoms with van der Waals surface area (Å²) in [7, 11) is 1.61. The maximum absolute atomic E-state index is 12.6. The first kappa shape index (κ1) is 13.1. The Hall–Kier alpha value is -2.88. The van der Waals surface area contributed by atoms with Crippen molar-refractivity contribution in [2.45, 2.75) is 0 Å². The standard InChI is InChI=1S/C17H14N2O2/c1-21-14-9-7-13(8-10-14)16-17(20)15(11-18-19-16)12-5-3-2-4-6-12/h2-11H,1H3,(H,18,20). The van der Waals surface area contributed by atoms with Crippen molar-refractivity contribution in [1.29, 1.82) is 0 Å². The lowest BCUT2D eigenvalue weighted by atomic mass is 10.0. The van der Waals surface area contributed by atoms with Gasteiger partial charge in [0.25, 0.3) is 0 Å². The van der Waals surface area contributed by atoms with Crippen molar-refractivity contribution in [3.8, 4) is 28.1 Å². The molecule has 0 aliphatic rings. The fourth-order valence-corrected chi connectivity index (χ4v) is 2.18. The maximum atomic E-state index is 12.6. The van der Waals surface area contributed by atoms with Crippen molar-refractivity contribution < 1.29 is 4.74 Å². The van der Waals surface area contributed by atoms with Crippen LogP contribution in [0.3, 0.4) is 0 Å². The minimum absolute atomic E-state index is 0.0925. The van der Waals surface area contributed by atoms with E-state index in [4.69, 9.17) is 4.74 Å². The van der Waals surface area contributed by atoms with Crippen LogP contribution >= 0.6 is 0 Å². The lowest BCUT2D eigenvalue weighted by Gasteiger charge is -2.05. The second-order valence-electron chi connectivity index (χ2n) is 4.57. The van der Waals surface area contributed by atoms with Crippen molar-refractivity contribution in [3.05, 3.63) is 71.0 Å². The molecule has 1 heterocycles. The van der Waals surface area contributed by atoms with E-state index in [2.05, 4.69) is 10.2 Å². The van der Waals surface area contributed by atoms with Crippen molar-refractivity contribution in [3.63, 3.8) is 0 Å². The number of nitrogens with zero attached hydrogens (tertiary/aromatic N) is 1. The van der Waals surface area contributed by atoms with E-state index in [0.29, 0.717) is 11.3 Å². The molecule has 0 atom stereocenters. The molecular formula is C17H14N2O2. The molecular weight excluding hydrogens is 264 g/mol. The molecule has 0 bridgehead atoms. The fourth-order valence-electron chi connectivity index (χ4n) is 2.18. The molecule has 104 valence electrons. The van der Waals surface area contributed by atoms with Gasteiger partial charge in [0.1, 0.15) is 11.4 Å². The summed E-state index contributed by atoms with van der Waals surface area (Å²) < 4.78 is 5.12. The Morgan fingerprint density at radius 1 is 0.952 bits per heavy atom. The Morgan fingerprint density at radius 2 is 1.67 bits per heavy atom. The van der Waals surface area contributed by atoms with Crippen LogP contribution in [0.4, 0.5) is 0 Å². The van der Waals surface area contributed by atoms with E-state index < -0.39 is 0 Å². The summed E-state index contributed by atoms with van der Waals surface area (Å²) in [6, 6.07) is 16.8. The van der Waals surface area contributed by atoms with Gasteiger partial charge in [-0.15, -0.1) is 0 Å². The van der Waals surface area contributed by atoms with Gasteiger partial charge in [-0.05, 0) is 29.8 Å². The average Bonchev–Trinajstić information content (AvgIpc) is 2.56. The first-order chi connectivity index (χ1) is 10.3. The molecule has 0 unspecified atom stereocenters. The van der Waals surface area contributed by atoms with E-state index in [1.165, 1.54) is 0 Å². The molecule has 1 N–H and O–H groups in total. The number of rotatable bonds is 3. The zero-order chi connectivity index (χ0) is 14.7. The Balaban J connectivity index is 2.10. The highest BCUT2D eigenvalue weighted by molar-refractivity contribution is 5.69. The minimum atomic E-state index is -0.0925. The van der Waals surface area contributed by atoms with Gasteiger partial charge in [0, 0.05) is 17.3 Å². The summed E-state index contributed by atoms with van der Waals surface area (Å²) in [4.78, 5) is 12.6. The topological polar surface area (TPSA) is 55.0 Å². The van der Waals surface area contributed by atoms with Crippen LogP contribution in [-0.2, 0) is 0 Å². The lowest BCUT2D eigenvalue weighted by Crippen LogP contribution is -2.11. The van der Waals surface area contributed by atoms with E-state index >= 15 is 0 Å². The highest BCUT2D eigenvalue weighted by atomic mass is 16.5. The Labute approximate surface area is 122 Å². The molecule has 0 aliphatic heterocycles. The minimum Gasteiger partial charge on any atom is -0.497 e. The van der Waals surface area contributed by atoms with E-state index in [1.54, 1.807) is 13.3 Å². The van der Waals surface area contributed by atoms with Gasteiger partial charge in [-0.3, -0.25) is 9.89 Å². The molecule has 1 aromatic heterocycles. The lowest BCUT2D eigenvalue weighted by molar-refractivity contribution is 0.415. The highest BCUT2D eigenvalue weighted by Gasteiger charge is 2.10. The summed E-state index contributed by atoms with van der Waals surface area (Å²) in [5.41, 5.74) is 2.55. The zero-order valence-corrected chi connectivity index (χ0v) is 11.5. The highest BCUT2D eigenvalue weighted by Crippen LogP contribution is 2.20. The Bertz CT molecular complexity index is 793. The van der Waals surface area contributed by atoms with Gasteiger partial charge in [-0.25, -0.2) is 0 Å². The van der Waals surface area contributed by atoms with Crippen molar-refractivity contribution in [2.75, 3.05) is 7.11 Å². The summed E-state index contributed by atoms with van der Waals surface area (Å²) in [6.45, 7) is 0. The van der Waals surface area contributed by atoms with Gasteiger partial charge >= 0.3 is 0 Å². The Morgan fingerprint density at radius 3 is 2.33 bits per heavy atom. The molecule has 0 amide bonds. The zero-order valence-electron chi connectivity index (χ0n) is 11.5. The number of benzene rings is 2. The number of ether oxygens (including phenoxy) is 1. The van der Waals surface area contributed by atoms with Crippen LogP contribution < -0.4 is 10.2 Å². The van der Waals surface area contributed by atoms with Gasteiger partial charge < -0.3 is 4.74 Å². The monoisotopic (exact) mass is 278 g/mol. The molecule has 2 aromatic carbocycles. The SMILES string of the molecule is COc1ccc(-c2n[nH]cc(-c3ccccc3)c2=O)cc1. The van der Waals surface area contributed by atoms with Crippen LogP contribution in [0.5, 0.6) is 5.75 Å². The summed E-state index contributed by atoms with van der Waals surface area (Å²) in [5.74, 6) is 0.745. The molecule has 4 heteroatoms. The second-order valence-corrected chi connectivity index (χ2v) is 4.57. The van der Waals surface area contributed by atoms with Crippen LogP contribution in [0, 0.1) is 0 Å². The number of hydrogen-bond acceptors (Lipinski definition) is 3.